The Bertz CT molecular complexity index is 428. The molecule has 3 heteroatoms. The molecule has 3 nitrogen and oxygen atoms in total. The molecular formula is C16H27N3. The molecule has 0 spiro atoms. The van der Waals surface area contributed by atoms with E-state index >= 15 is 0 Å². The lowest BCUT2D eigenvalue weighted by Crippen LogP contribution is -2.22. The van der Waals surface area contributed by atoms with Gasteiger partial charge in [0.25, 0.3) is 0 Å². The fourth-order valence-corrected chi connectivity index (χ4v) is 3.14. The molecule has 1 saturated heterocycles. The third kappa shape index (κ3) is 2.93. The molecule has 1 aliphatic heterocycles. The Kier molecular flexibility index (Phi) is 4.48. The average molecular weight is 261 g/mol. The molecule has 0 radical (unpaired) electrons. The second-order valence-electron chi connectivity index (χ2n) is 5.93. The van der Waals surface area contributed by atoms with Gasteiger partial charge in [-0.15, -0.1) is 0 Å². The molecule has 0 saturated carbocycles. The van der Waals surface area contributed by atoms with E-state index in [9.17, 15) is 0 Å². The molecule has 19 heavy (non-hydrogen) atoms. The van der Waals surface area contributed by atoms with E-state index in [2.05, 4.69) is 56.1 Å². The van der Waals surface area contributed by atoms with Crippen molar-refractivity contribution in [2.45, 2.75) is 25.8 Å². The van der Waals surface area contributed by atoms with Crippen molar-refractivity contribution >= 4 is 5.69 Å². The number of benzene rings is 1. The number of nitrogens with two attached hydrogens (primary N) is 1. The largest absolute Gasteiger partial charge is 0.377 e. The van der Waals surface area contributed by atoms with Gasteiger partial charge in [0.1, 0.15) is 0 Å². The van der Waals surface area contributed by atoms with Crippen molar-refractivity contribution in [2.75, 3.05) is 39.1 Å². The van der Waals surface area contributed by atoms with E-state index in [0.717, 1.165) is 19.5 Å². The van der Waals surface area contributed by atoms with Gasteiger partial charge in [-0.05, 0) is 49.5 Å². The van der Waals surface area contributed by atoms with Gasteiger partial charge in [0.05, 0.1) is 0 Å². The maximum Gasteiger partial charge on any atom is 0.0409 e. The van der Waals surface area contributed by atoms with Crippen LogP contribution in [-0.2, 0) is 6.42 Å². The summed E-state index contributed by atoms with van der Waals surface area (Å²) < 4.78 is 0. The van der Waals surface area contributed by atoms with Crippen LogP contribution in [0.3, 0.4) is 0 Å². The first-order valence-electron chi connectivity index (χ1n) is 7.27. The van der Waals surface area contributed by atoms with E-state index in [1.165, 1.54) is 23.2 Å². The summed E-state index contributed by atoms with van der Waals surface area (Å²) in [6, 6.07) is 7.40. The molecule has 0 amide bonds. The van der Waals surface area contributed by atoms with E-state index < -0.39 is 0 Å². The lowest BCUT2D eigenvalue weighted by molar-refractivity contribution is 0.314. The maximum absolute atomic E-state index is 5.85. The molecule has 106 valence electrons. The van der Waals surface area contributed by atoms with Crippen molar-refractivity contribution in [3.05, 3.63) is 29.3 Å². The summed E-state index contributed by atoms with van der Waals surface area (Å²) in [7, 11) is 6.47. The lowest BCUT2D eigenvalue weighted by atomic mass is 9.95. The van der Waals surface area contributed by atoms with Gasteiger partial charge < -0.3 is 10.6 Å². The van der Waals surface area contributed by atoms with Gasteiger partial charge in [0.2, 0.25) is 0 Å². The van der Waals surface area contributed by atoms with Crippen LogP contribution in [0.2, 0.25) is 0 Å². The molecule has 0 bridgehead atoms. The minimum Gasteiger partial charge on any atom is -0.377 e. The monoisotopic (exact) mass is 261 g/mol. The van der Waals surface area contributed by atoms with E-state index in [1.807, 2.05) is 0 Å². The number of hydrogen-bond donors (Lipinski definition) is 1. The van der Waals surface area contributed by atoms with Crippen LogP contribution in [0.25, 0.3) is 0 Å². The summed E-state index contributed by atoms with van der Waals surface area (Å²) in [4.78, 5) is 4.68. The van der Waals surface area contributed by atoms with Crippen LogP contribution in [0, 0.1) is 5.92 Å². The van der Waals surface area contributed by atoms with Crippen LogP contribution in [0.5, 0.6) is 0 Å². The fourth-order valence-electron chi connectivity index (χ4n) is 3.14. The highest BCUT2D eigenvalue weighted by Gasteiger charge is 2.31. The van der Waals surface area contributed by atoms with Gasteiger partial charge in [0, 0.05) is 32.4 Å². The van der Waals surface area contributed by atoms with Gasteiger partial charge in [-0.2, -0.15) is 0 Å². The quantitative estimate of drug-likeness (QED) is 0.902. The van der Waals surface area contributed by atoms with Gasteiger partial charge >= 0.3 is 0 Å². The molecule has 2 rings (SSSR count). The van der Waals surface area contributed by atoms with Crippen molar-refractivity contribution in [3.8, 4) is 0 Å². The van der Waals surface area contributed by atoms with E-state index in [0.29, 0.717) is 12.0 Å². The highest BCUT2D eigenvalue weighted by Crippen LogP contribution is 2.38. The first-order valence-corrected chi connectivity index (χ1v) is 7.27. The van der Waals surface area contributed by atoms with Crippen molar-refractivity contribution in [2.24, 2.45) is 11.7 Å². The summed E-state index contributed by atoms with van der Waals surface area (Å²) in [6.45, 7) is 4.13. The van der Waals surface area contributed by atoms with E-state index in [-0.39, 0.29) is 0 Å². The lowest BCUT2D eigenvalue weighted by Gasteiger charge is -2.26. The molecule has 2 atom stereocenters. The fraction of sp³-hybridized carbons (Fsp3) is 0.625. The molecular weight excluding hydrogens is 234 g/mol. The minimum absolute atomic E-state index is 0.512. The molecule has 1 aliphatic rings. The zero-order chi connectivity index (χ0) is 14.0. The van der Waals surface area contributed by atoms with Crippen LogP contribution in [0.4, 0.5) is 5.69 Å². The summed E-state index contributed by atoms with van der Waals surface area (Å²) in [5.74, 6) is 0.635. The Labute approximate surface area is 117 Å². The van der Waals surface area contributed by atoms with Crippen LogP contribution < -0.4 is 10.6 Å². The average Bonchev–Trinajstić information content (AvgIpc) is 2.79. The second-order valence-corrected chi connectivity index (χ2v) is 5.93. The topological polar surface area (TPSA) is 32.5 Å². The van der Waals surface area contributed by atoms with E-state index in [1.54, 1.807) is 0 Å². The Morgan fingerprint density at radius 3 is 2.63 bits per heavy atom. The summed E-state index contributed by atoms with van der Waals surface area (Å²) in [6.07, 6.45) is 2.28. The Morgan fingerprint density at radius 1 is 1.37 bits per heavy atom. The molecule has 1 heterocycles. The van der Waals surface area contributed by atoms with Crippen LogP contribution in [-0.4, -0.2) is 39.1 Å². The smallest absolute Gasteiger partial charge is 0.0409 e. The van der Waals surface area contributed by atoms with E-state index in [4.69, 9.17) is 5.73 Å². The third-order valence-electron chi connectivity index (χ3n) is 4.31. The standard InChI is InChI=1S/C16H27N3/c1-5-12-6-7-15(18(2)3)14(8-12)16-9-13(10-17)11-19(16)4/h6-8,13,16H,5,9-11,17H2,1-4H3. The number of hydrogen-bond acceptors (Lipinski definition) is 3. The SMILES string of the molecule is CCc1ccc(N(C)C)c(C2CC(CN)CN2C)c1. The van der Waals surface area contributed by atoms with Crippen LogP contribution in [0.15, 0.2) is 18.2 Å². The number of anilines is 1. The van der Waals surface area contributed by atoms with Gasteiger partial charge in [-0.3, -0.25) is 4.90 Å². The molecule has 1 aromatic rings. The first-order chi connectivity index (χ1) is 9.06. The zero-order valence-electron chi connectivity index (χ0n) is 12.7. The molecule has 2 unspecified atom stereocenters. The van der Waals surface area contributed by atoms with Gasteiger partial charge in [-0.25, -0.2) is 0 Å². The molecule has 2 N–H and O–H groups in total. The van der Waals surface area contributed by atoms with Gasteiger partial charge in [0.15, 0.2) is 0 Å². The normalized spacial score (nSPS) is 23.8. The number of likely N-dealkylation sites (tertiary alicyclic amines) is 1. The highest BCUT2D eigenvalue weighted by molar-refractivity contribution is 5.55. The summed E-state index contributed by atoms with van der Waals surface area (Å²) >= 11 is 0. The predicted octanol–water partition coefficient (Wildman–Crippen LogP) is 2.27. The summed E-state index contributed by atoms with van der Waals surface area (Å²) in [5, 5.41) is 0. The van der Waals surface area contributed by atoms with Crippen molar-refractivity contribution in [1.82, 2.24) is 4.90 Å². The zero-order valence-corrected chi connectivity index (χ0v) is 12.7. The molecule has 0 aliphatic carbocycles. The molecule has 1 fully saturated rings. The number of rotatable bonds is 4. The molecule has 0 aromatic heterocycles. The van der Waals surface area contributed by atoms with Crippen molar-refractivity contribution < 1.29 is 0 Å². The Hall–Kier alpha value is -1.06. The predicted molar refractivity (Wildman–Crippen MR) is 82.7 cm³/mol. The Balaban J connectivity index is 2.36. The second kappa shape index (κ2) is 5.93. The summed E-state index contributed by atoms with van der Waals surface area (Å²) in [5.41, 5.74) is 10.1. The van der Waals surface area contributed by atoms with Crippen LogP contribution in [0.1, 0.15) is 30.5 Å². The van der Waals surface area contributed by atoms with Gasteiger partial charge in [-0.1, -0.05) is 19.1 Å². The van der Waals surface area contributed by atoms with Crippen LogP contribution >= 0.6 is 0 Å². The Morgan fingerprint density at radius 2 is 2.11 bits per heavy atom. The van der Waals surface area contributed by atoms with Crippen molar-refractivity contribution in [1.29, 1.82) is 0 Å². The number of aryl methyl sites for hydroxylation is 1. The third-order valence-corrected chi connectivity index (χ3v) is 4.31. The van der Waals surface area contributed by atoms with Crippen molar-refractivity contribution in [3.63, 3.8) is 0 Å². The highest BCUT2D eigenvalue weighted by atomic mass is 15.2. The minimum atomic E-state index is 0.512. The maximum atomic E-state index is 5.85. The molecule has 1 aromatic carbocycles. The number of nitrogens with zero attached hydrogens (tertiary/aromatic N) is 2. The first kappa shape index (κ1) is 14.4.